The molecule has 0 amide bonds. The molecule has 1 heteroatoms. The van der Waals surface area contributed by atoms with Crippen LogP contribution in [0.25, 0.3) is 0 Å². The first-order valence-electron chi connectivity index (χ1n) is 8.61. The van der Waals surface area contributed by atoms with Crippen LogP contribution in [-0.4, -0.2) is 11.7 Å². The fraction of sp³-hybridized carbons (Fsp3) is 0.600. The Balaban J connectivity index is 3.99. The Morgan fingerprint density at radius 2 is 1.10 bits per heavy atom. The topological polar surface area (TPSA) is 20.2 Å². The molecule has 0 heterocycles. The Labute approximate surface area is 133 Å². The average molecular weight is 291 g/mol. The van der Waals surface area contributed by atoms with Crippen molar-refractivity contribution in [3.63, 3.8) is 0 Å². The van der Waals surface area contributed by atoms with E-state index < -0.39 is 6.58 Å². The normalized spacial score (nSPS) is 15.7. The molecule has 0 bridgehead atoms. The predicted molar refractivity (Wildman–Crippen MR) is 95.5 cm³/mol. The molecule has 0 saturated carbocycles. The maximum atomic E-state index is 8.96. The van der Waals surface area contributed by atoms with Gasteiger partial charge in [-0.2, -0.15) is 0 Å². The van der Waals surface area contributed by atoms with E-state index in [9.17, 15) is 0 Å². The van der Waals surface area contributed by atoms with Gasteiger partial charge < -0.3 is 5.11 Å². The van der Waals surface area contributed by atoms with Gasteiger partial charge in [0.15, 0.2) is 0 Å². The van der Waals surface area contributed by atoms with Gasteiger partial charge in [-0.25, -0.2) is 0 Å². The lowest BCUT2D eigenvalue weighted by Gasteiger charge is -2.02. The summed E-state index contributed by atoms with van der Waals surface area (Å²) in [5, 5.41) is 8.96. The van der Waals surface area contributed by atoms with Crippen molar-refractivity contribution < 1.29 is 6.48 Å². The molecular weight excluding hydrogens is 256 g/mol. The number of aliphatic hydroxyl groups is 1. The summed E-state index contributed by atoms with van der Waals surface area (Å²) in [5.41, 5.74) is 5.39. The van der Waals surface area contributed by atoms with Crippen molar-refractivity contribution >= 4 is 0 Å². The Kier molecular flexibility index (Phi) is 10.8. The minimum absolute atomic E-state index is 0.921. The maximum Gasteiger partial charge on any atom is 0.0614 e. The Morgan fingerprint density at radius 1 is 0.714 bits per heavy atom. The van der Waals surface area contributed by atoms with Crippen molar-refractivity contribution in [1.82, 2.24) is 0 Å². The van der Waals surface area contributed by atoms with E-state index in [1.54, 1.807) is 6.08 Å². The maximum absolute atomic E-state index is 8.96. The molecule has 1 nitrogen and oxygen atoms in total. The minimum Gasteiger partial charge on any atom is -0.392 e. The molecule has 0 radical (unpaired) electrons. The molecule has 0 aromatic rings. The third-order valence-corrected chi connectivity index (χ3v) is 3.51. The fourth-order valence-electron chi connectivity index (χ4n) is 2.10. The van der Waals surface area contributed by atoms with E-state index in [-0.39, 0.29) is 0 Å². The van der Waals surface area contributed by atoms with Crippen LogP contribution in [0.5, 0.6) is 0 Å². The van der Waals surface area contributed by atoms with Crippen LogP contribution in [0.3, 0.4) is 0 Å². The van der Waals surface area contributed by atoms with Crippen LogP contribution in [0.15, 0.2) is 46.6 Å². The third kappa shape index (κ3) is 13.7. The molecule has 0 spiro atoms. The van der Waals surface area contributed by atoms with Gasteiger partial charge in [0.1, 0.15) is 0 Å². The highest BCUT2D eigenvalue weighted by Crippen LogP contribution is 2.13. The molecule has 0 aliphatic rings. The summed E-state index contributed by atoms with van der Waals surface area (Å²) in [7, 11) is 0. The van der Waals surface area contributed by atoms with Crippen molar-refractivity contribution in [2.24, 2.45) is 0 Å². The van der Waals surface area contributed by atoms with E-state index in [1.165, 1.54) is 16.7 Å². The fourth-order valence-corrected chi connectivity index (χ4v) is 2.10. The molecule has 0 rings (SSSR count). The highest BCUT2D eigenvalue weighted by atomic mass is 16.2. The van der Waals surface area contributed by atoms with Crippen LogP contribution in [0, 0.1) is 0 Å². The van der Waals surface area contributed by atoms with Gasteiger partial charge >= 0.3 is 0 Å². The molecular formula is C20H34O. The summed E-state index contributed by atoms with van der Waals surface area (Å²) in [6, 6.07) is 0. The molecule has 120 valence electrons. The summed E-state index contributed by atoms with van der Waals surface area (Å²) in [6.07, 6.45) is 15.0. The molecule has 0 aliphatic heterocycles. The van der Waals surface area contributed by atoms with E-state index in [0.717, 1.165) is 44.1 Å². The highest BCUT2D eigenvalue weighted by molar-refractivity contribution is 5.07. The second kappa shape index (κ2) is 12.6. The van der Waals surface area contributed by atoms with E-state index in [4.69, 9.17) is 6.48 Å². The van der Waals surface area contributed by atoms with Gasteiger partial charge in [0.2, 0.25) is 0 Å². The second-order valence-corrected chi connectivity index (χ2v) is 6.16. The summed E-state index contributed by atoms with van der Waals surface area (Å²) in [4.78, 5) is 0. The van der Waals surface area contributed by atoms with Gasteiger partial charge in [0.25, 0.3) is 0 Å². The summed E-state index contributed by atoms with van der Waals surface area (Å²) < 4.78 is 7.08. The van der Waals surface area contributed by atoms with Crippen LogP contribution < -0.4 is 0 Å². The van der Waals surface area contributed by atoms with E-state index in [2.05, 4.69) is 45.9 Å². The minimum atomic E-state index is -1.08. The first-order chi connectivity index (χ1) is 10.3. The van der Waals surface area contributed by atoms with E-state index >= 15 is 0 Å². The Bertz CT molecular complexity index is 421. The van der Waals surface area contributed by atoms with Gasteiger partial charge in [0.05, 0.1) is 7.95 Å². The lowest BCUT2D eigenvalue weighted by Crippen LogP contribution is -1.83. The Hall–Kier alpha value is -1.08. The predicted octanol–water partition coefficient (Wildman–Crippen LogP) is 6.12. The molecule has 0 aliphatic carbocycles. The molecule has 0 aromatic heterocycles. The standard InChI is InChI=1S/C20H34O/c1-17(2)9-6-10-18(3)11-7-12-19(4)13-8-14-20(5)15-16-21/h9,11,13,15,21H,6-8,10,12,14,16H2,1-5H3/b18-11+,19-13+,20-15+/i16D/t16-/m0/s1. The third-order valence-electron chi connectivity index (χ3n) is 3.51. The van der Waals surface area contributed by atoms with Crippen molar-refractivity contribution in [3.05, 3.63) is 46.6 Å². The molecule has 1 N–H and O–H groups in total. The molecule has 0 fully saturated rings. The van der Waals surface area contributed by atoms with Crippen LogP contribution in [0.2, 0.25) is 0 Å². The number of allylic oxidation sites excluding steroid dienone is 7. The lowest BCUT2D eigenvalue weighted by atomic mass is 10.0. The summed E-state index contributed by atoms with van der Waals surface area (Å²) >= 11 is 0. The summed E-state index contributed by atoms with van der Waals surface area (Å²) in [6.45, 7) is 9.59. The quantitative estimate of drug-likeness (QED) is 0.480. The van der Waals surface area contributed by atoms with Gasteiger partial charge in [-0.15, -0.1) is 0 Å². The molecule has 0 saturated heterocycles. The Morgan fingerprint density at radius 3 is 1.48 bits per heavy atom. The van der Waals surface area contributed by atoms with Crippen molar-refractivity contribution in [3.8, 4) is 0 Å². The van der Waals surface area contributed by atoms with Crippen LogP contribution in [-0.2, 0) is 0 Å². The van der Waals surface area contributed by atoms with Gasteiger partial charge in [0, 0.05) is 0 Å². The molecule has 0 aromatic carbocycles. The van der Waals surface area contributed by atoms with Crippen molar-refractivity contribution in [2.45, 2.75) is 73.1 Å². The lowest BCUT2D eigenvalue weighted by molar-refractivity contribution is 0.341. The zero-order valence-electron chi connectivity index (χ0n) is 15.6. The second-order valence-electron chi connectivity index (χ2n) is 6.16. The number of rotatable bonds is 10. The number of aliphatic hydroxyl groups excluding tert-OH is 1. The smallest absolute Gasteiger partial charge is 0.0614 e. The molecule has 1 atom stereocenters. The first kappa shape index (κ1) is 18.0. The zero-order valence-corrected chi connectivity index (χ0v) is 14.6. The van der Waals surface area contributed by atoms with Crippen molar-refractivity contribution in [2.75, 3.05) is 6.58 Å². The van der Waals surface area contributed by atoms with Gasteiger partial charge in [-0.3, -0.25) is 0 Å². The SMILES string of the molecule is [2H][C@H](O)/C=C(\C)CC/C=C(\C)CC/C=C(\C)CCC=C(C)C. The van der Waals surface area contributed by atoms with Crippen LogP contribution >= 0.6 is 0 Å². The van der Waals surface area contributed by atoms with E-state index in [1.807, 2.05) is 6.92 Å². The number of hydrogen-bond acceptors (Lipinski definition) is 1. The monoisotopic (exact) mass is 291 g/mol. The number of hydrogen-bond donors (Lipinski definition) is 1. The zero-order chi connectivity index (χ0) is 17.0. The molecule has 0 unspecified atom stereocenters. The summed E-state index contributed by atoms with van der Waals surface area (Å²) in [5.74, 6) is 0. The molecule has 21 heavy (non-hydrogen) atoms. The van der Waals surface area contributed by atoms with Gasteiger partial charge in [-0.05, 0) is 73.1 Å². The van der Waals surface area contributed by atoms with Gasteiger partial charge in [-0.1, -0.05) is 46.6 Å². The van der Waals surface area contributed by atoms with E-state index in [0.29, 0.717) is 0 Å². The van der Waals surface area contributed by atoms with Crippen LogP contribution in [0.1, 0.15) is 74.5 Å². The average Bonchev–Trinajstić information content (AvgIpc) is 2.37. The van der Waals surface area contributed by atoms with Crippen molar-refractivity contribution in [1.29, 1.82) is 0 Å². The largest absolute Gasteiger partial charge is 0.392 e. The van der Waals surface area contributed by atoms with Crippen LogP contribution in [0.4, 0.5) is 0 Å². The highest BCUT2D eigenvalue weighted by Gasteiger charge is 1.93. The first-order valence-corrected chi connectivity index (χ1v) is 8.03.